The zero-order chi connectivity index (χ0) is 21.2. The van der Waals surface area contributed by atoms with Gasteiger partial charge in [0.15, 0.2) is 6.23 Å². The van der Waals surface area contributed by atoms with Gasteiger partial charge in [-0.25, -0.2) is 0 Å². The van der Waals surface area contributed by atoms with Crippen molar-refractivity contribution in [2.45, 2.75) is 43.8 Å². The number of ether oxygens (including phenoxy) is 1. The Morgan fingerprint density at radius 1 is 1.00 bits per heavy atom. The molecule has 7 nitrogen and oxygen atoms in total. The van der Waals surface area contributed by atoms with Crippen LogP contribution in [0.1, 0.15) is 18.4 Å². The van der Waals surface area contributed by atoms with Gasteiger partial charge in [-0.1, -0.05) is 12.1 Å². The lowest BCUT2D eigenvalue weighted by Gasteiger charge is -2.39. The molecule has 1 saturated heterocycles. The smallest absolute Gasteiger partial charge is 0.161 e. The summed E-state index contributed by atoms with van der Waals surface area (Å²) in [5.41, 5.74) is 2.35. The lowest BCUT2D eigenvalue weighted by molar-refractivity contribution is -0.306. The molecular weight excluding hydrogens is 419 g/mol. The molecule has 0 aliphatic carbocycles. The summed E-state index contributed by atoms with van der Waals surface area (Å²) in [5, 5.41) is 31.0. The summed E-state index contributed by atoms with van der Waals surface area (Å²) >= 11 is 11.7. The Labute approximate surface area is 182 Å². The third-order valence-corrected chi connectivity index (χ3v) is 5.43. The van der Waals surface area contributed by atoms with Crippen molar-refractivity contribution in [3.8, 4) is 0 Å². The normalized spacial score (nSPS) is 24.8. The first kappa shape index (κ1) is 24.6. The fourth-order valence-corrected chi connectivity index (χ4v) is 3.82. The highest BCUT2D eigenvalue weighted by Crippen LogP contribution is 2.20. The second kappa shape index (κ2) is 12.9. The van der Waals surface area contributed by atoms with E-state index in [1.54, 1.807) is 0 Å². The first-order chi connectivity index (χ1) is 14.0. The number of aliphatic hydroxyl groups excluding tert-OH is 3. The molecule has 1 heterocycles. The van der Waals surface area contributed by atoms with Crippen LogP contribution in [0.5, 0.6) is 0 Å². The number of anilines is 1. The van der Waals surface area contributed by atoms with Crippen LogP contribution in [0.3, 0.4) is 0 Å². The van der Waals surface area contributed by atoms with Crippen molar-refractivity contribution in [3.63, 3.8) is 0 Å². The van der Waals surface area contributed by atoms with Crippen molar-refractivity contribution < 1.29 is 24.9 Å². The van der Waals surface area contributed by atoms with Crippen LogP contribution >= 0.6 is 23.2 Å². The molecule has 4 atom stereocenters. The maximum Gasteiger partial charge on any atom is 0.161 e. The Hall–Kier alpha value is -0.640. The molecule has 1 aliphatic heterocycles. The van der Waals surface area contributed by atoms with Crippen LogP contribution in [0, 0.1) is 0 Å². The number of alkyl halides is 2. The lowest BCUT2D eigenvalue weighted by Crippen LogP contribution is -2.58. The van der Waals surface area contributed by atoms with Crippen molar-refractivity contribution in [2.75, 3.05) is 50.0 Å². The first-order valence-electron chi connectivity index (χ1n) is 9.94. The number of halogens is 2. The molecule has 0 amide bonds. The minimum atomic E-state index is -1.25. The molecule has 9 heteroatoms. The number of aliphatic hydroxyl groups is 3. The Bertz CT molecular complexity index is 574. The maximum atomic E-state index is 10.1. The van der Waals surface area contributed by atoms with E-state index in [9.17, 15) is 15.3 Å². The first-order valence-corrected chi connectivity index (χ1v) is 11.0. The van der Waals surface area contributed by atoms with Crippen molar-refractivity contribution in [3.05, 3.63) is 29.8 Å². The molecule has 166 valence electrons. The molecule has 0 saturated carbocycles. The molecule has 1 unspecified atom stereocenters. The van der Waals surface area contributed by atoms with Gasteiger partial charge in [-0.3, -0.25) is 4.84 Å². The lowest BCUT2D eigenvalue weighted by atomic mass is 10.0. The van der Waals surface area contributed by atoms with Crippen molar-refractivity contribution in [2.24, 2.45) is 0 Å². The maximum absolute atomic E-state index is 10.1. The molecule has 1 aromatic carbocycles. The molecule has 0 bridgehead atoms. The van der Waals surface area contributed by atoms with Gasteiger partial charge in [0.05, 0.1) is 13.7 Å². The van der Waals surface area contributed by atoms with E-state index in [1.165, 1.54) is 17.7 Å². The summed E-state index contributed by atoms with van der Waals surface area (Å²) in [6.07, 6.45) is -1.69. The highest BCUT2D eigenvalue weighted by Gasteiger charge is 2.40. The van der Waals surface area contributed by atoms with Gasteiger partial charge in [0.1, 0.15) is 18.3 Å². The van der Waals surface area contributed by atoms with E-state index in [4.69, 9.17) is 32.8 Å². The van der Waals surface area contributed by atoms with E-state index >= 15 is 0 Å². The molecule has 0 spiro atoms. The number of benzene rings is 1. The summed E-state index contributed by atoms with van der Waals surface area (Å²) in [4.78, 5) is 7.48. The van der Waals surface area contributed by atoms with Crippen LogP contribution in [-0.2, 0) is 16.0 Å². The molecule has 1 aromatic rings. The van der Waals surface area contributed by atoms with Crippen molar-refractivity contribution >= 4 is 28.9 Å². The number of unbranched alkanes of at least 4 members (excludes halogenated alkanes) is 1. The van der Waals surface area contributed by atoms with Crippen LogP contribution < -0.4 is 4.90 Å². The predicted octanol–water partition coefficient (Wildman–Crippen LogP) is 1.60. The number of hydrogen-bond acceptors (Lipinski definition) is 7. The summed E-state index contributed by atoms with van der Waals surface area (Å²) in [6.45, 7) is 2.03. The van der Waals surface area contributed by atoms with E-state index in [-0.39, 0.29) is 6.61 Å². The monoisotopic (exact) mass is 450 g/mol. The van der Waals surface area contributed by atoms with Crippen LogP contribution in [0.25, 0.3) is 0 Å². The SMILES string of the molecule is CON(CCCCc1ccc(N(CCCl)CCCl)cc1)C1OC[C@H](O)[C@@H](O)[C@H]1O. The molecule has 29 heavy (non-hydrogen) atoms. The number of hydrogen-bond donors (Lipinski definition) is 3. The molecule has 1 aliphatic rings. The second-order valence-corrected chi connectivity index (χ2v) is 7.84. The highest BCUT2D eigenvalue weighted by molar-refractivity contribution is 6.18. The van der Waals surface area contributed by atoms with Gasteiger partial charge < -0.3 is 25.0 Å². The fraction of sp³-hybridized carbons (Fsp3) is 0.700. The van der Waals surface area contributed by atoms with Crippen LogP contribution in [-0.4, -0.2) is 90.0 Å². The standard InChI is InChI=1S/C20H32Cl2N2O5/c1-28-24(20-19(27)18(26)17(25)14-29-20)11-3-2-4-15-5-7-16(8-6-15)23(12-9-21)13-10-22/h5-8,17-20,25-27H,2-4,9-14H2,1H3/t17-,18+,19+,20?/m0/s1. The van der Waals surface area contributed by atoms with Crippen LogP contribution in [0.2, 0.25) is 0 Å². The van der Waals surface area contributed by atoms with E-state index < -0.39 is 24.5 Å². The Balaban J connectivity index is 1.79. The predicted molar refractivity (Wildman–Crippen MR) is 115 cm³/mol. The van der Waals surface area contributed by atoms with Gasteiger partial charge in [0.2, 0.25) is 0 Å². The van der Waals surface area contributed by atoms with Crippen LogP contribution in [0.15, 0.2) is 24.3 Å². The number of hydroxylamine groups is 2. The molecule has 3 N–H and O–H groups in total. The van der Waals surface area contributed by atoms with Gasteiger partial charge in [-0.15, -0.1) is 23.2 Å². The van der Waals surface area contributed by atoms with Gasteiger partial charge in [0.25, 0.3) is 0 Å². The van der Waals surface area contributed by atoms with E-state index in [0.29, 0.717) is 18.3 Å². The minimum absolute atomic E-state index is 0.0421. The number of rotatable bonds is 12. The number of nitrogens with zero attached hydrogens (tertiary/aromatic N) is 2. The summed E-state index contributed by atoms with van der Waals surface area (Å²) in [7, 11) is 1.50. The Kier molecular flexibility index (Phi) is 11.0. The molecule has 1 fully saturated rings. The molecular formula is C20H32Cl2N2O5. The molecule has 0 radical (unpaired) electrons. The largest absolute Gasteiger partial charge is 0.388 e. The van der Waals surface area contributed by atoms with E-state index in [0.717, 1.165) is 38.0 Å². The van der Waals surface area contributed by atoms with Gasteiger partial charge in [-0.2, -0.15) is 5.06 Å². The second-order valence-electron chi connectivity index (χ2n) is 7.08. The van der Waals surface area contributed by atoms with E-state index in [2.05, 4.69) is 29.2 Å². The number of aryl methyl sites for hydroxylation is 1. The zero-order valence-electron chi connectivity index (χ0n) is 16.8. The average molecular weight is 451 g/mol. The summed E-state index contributed by atoms with van der Waals surface area (Å²) in [6, 6.07) is 8.42. The van der Waals surface area contributed by atoms with Crippen molar-refractivity contribution in [1.82, 2.24) is 5.06 Å². The van der Waals surface area contributed by atoms with Crippen LogP contribution in [0.4, 0.5) is 5.69 Å². The third kappa shape index (κ3) is 7.22. The van der Waals surface area contributed by atoms with E-state index in [1.807, 2.05) is 0 Å². The third-order valence-electron chi connectivity index (χ3n) is 5.10. The van der Waals surface area contributed by atoms with Gasteiger partial charge >= 0.3 is 0 Å². The Morgan fingerprint density at radius 3 is 2.24 bits per heavy atom. The zero-order valence-corrected chi connectivity index (χ0v) is 18.3. The van der Waals surface area contributed by atoms with Crippen molar-refractivity contribution in [1.29, 1.82) is 0 Å². The molecule has 2 rings (SSSR count). The summed E-state index contributed by atoms with van der Waals surface area (Å²) in [5.74, 6) is 1.12. The fourth-order valence-electron chi connectivity index (χ4n) is 3.41. The molecule has 0 aromatic heterocycles. The highest BCUT2D eigenvalue weighted by atomic mass is 35.5. The quantitative estimate of drug-likeness (QED) is 0.253. The minimum Gasteiger partial charge on any atom is -0.388 e. The van der Waals surface area contributed by atoms with Gasteiger partial charge in [0, 0.05) is 37.1 Å². The van der Waals surface area contributed by atoms with Gasteiger partial charge in [-0.05, 0) is 37.0 Å². The Morgan fingerprint density at radius 2 is 1.66 bits per heavy atom. The topological polar surface area (TPSA) is 85.6 Å². The average Bonchev–Trinajstić information content (AvgIpc) is 2.73. The summed E-state index contributed by atoms with van der Waals surface area (Å²) < 4.78 is 5.43.